The first-order valence-corrected chi connectivity index (χ1v) is 25.2. The quantitative estimate of drug-likeness (QED) is 0.0198. The normalized spacial score (nSPS) is 20.6. The number of hydrogen-bond acceptors (Lipinski definition) is 11. The molecule has 0 aromatic heterocycles. The first-order chi connectivity index (χ1) is 30.6. The molecule has 6 unspecified atom stereocenters. The van der Waals surface area contributed by atoms with Crippen LogP contribution in [0.15, 0.2) is 85.1 Å². The van der Waals surface area contributed by atoms with Crippen molar-refractivity contribution in [3.8, 4) is 0 Å². The maximum Gasteiger partial charge on any atom is 0.397 e. The van der Waals surface area contributed by atoms with Crippen LogP contribution in [0.3, 0.4) is 0 Å². The van der Waals surface area contributed by atoms with Crippen LogP contribution in [0.25, 0.3) is 0 Å². The molecule has 1 aliphatic heterocycles. The summed E-state index contributed by atoms with van der Waals surface area (Å²) >= 11 is 0. The molecule has 362 valence electrons. The summed E-state index contributed by atoms with van der Waals surface area (Å²) in [5.74, 6) is -0.420. The molecule has 6 atom stereocenters. The van der Waals surface area contributed by atoms with E-state index in [4.69, 9.17) is 23.5 Å². The van der Waals surface area contributed by atoms with Crippen molar-refractivity contribution in [2.45, 2.75) is 198 Å². The lowest BCUT2D eigenvalue weighted by Gasteiger charge is -2.41. The third kappa shape index (κ3) is 34.3. The summed E-state index contributed by atoms with van der Waals surface area (Å²) in [4.78, 5) is 12.8. The number of ether oxygens (including phenoxy) is 4. The molecule has 1 rings (SSSR count). The maximum absolute atomic E-state index is 12.8. The Bertz CT molecular complexity index is 1420. The molecule has 1 saturated heterocycles. The summed E-state index contributed by atoms with van der Waals surface area (Å²) in [7, 11) is -5.07. The predicted octanol–water partition coefficient (Wildman–Crippen LogP) is 10.5. The SMILES string of the molecule is CC/C=C\C/C=C\C/C=C\C/C=C\C/C=C\C/C=C\CCCCCCCCCOCC(COC1OC(CO)C(O)C(OS(=O)(=O)O)C1O)OC(=O)CCCCCCC/C=C\CCC. The monoisotopic (exact) mass is 909 g/mol. The third-order valence-corrected chi connectivity index (χ3v) is 10.7. The van der Waals surface area contributed by atoms with E-state index < -0.39 is 59.8 Å². The summed E-state index contributed by atoms with van der Waals surface area (Å²) in [5.41, 5.74) is 0. The topological polar surface area (TPSA) is 178 Å². The summed E-state index contributed by atoms with van der Waals surface area (Å²) in [6.45, 7) is 3.75. The van der Waals surface area contributed by atoms with Gasteiger partial charge in [0.2, 0.25) is 0 Å². The number of allylic oxidation sites excluding steroid dienone is 14. The van der Waals surface area contributed by atoms with Crippen molar-refractivity contribution >= 4 is 16.4 Å². The van der Waals surface area contributed by atoms with E-state index in [0.29, 0.717) is 13.0 Å². The Morgan fingerprint density at radius 1 is 0.619 bits per heavy atom. The van der Waals surface area contributed by atoms with Gasteiger partial charge in [0.05, 0.1) is 19.8 Å². The van der Waals surface area contributed by atoms with Gasteiger partial charge in [0.25, 0.3) is 0 Å². The minimum atomic E-state index is -5.07. The van der Waals surface area contributed by atoms with E-state index in [1.807, 2.05) is 0 Å². The van der Waals surface area contributed by atoms with Crippen molar-refractivity contribution in [2.24, 2.45) is 0 Å². The maximum atomic E-state index is 12.8. The van der Waals surface area contributed by atoms with Crippen molar-refractivity contribution in [2.75, 3.05) is 26.4 Å². The standard InChI is InChI=1S/C50H84O12S/c1-3-5-7-9-11-13-15-16-17-18-19-20-21-22-23-24-25-26-27-28-29-30-32-34-36-38-40-58-42-44(60-46(52)39-37-35-33-31-14-12-10-8-6-4-2)43-59-50-48(54)49(62-63(55,56)57)47(53)45(41-51)61-50/h5,7-8,10-11,13,16-17,19-20,22-23,25-26,44-45,47-51,53-54H,3-4,6,9,12,14-15,18,21,24,27-43H2,1-2H3,(H,55,56,57)/b7-5-,10-8-,13-11-,17-16-,20-19-,23-22-,26-25-. The molecule has 12 nitrogen and oxygen atoms in total. The fourth-order valence-corrected chi connectivity index (χ4v) is 7.19. The molecule has 1 heterocycles. The second kappa shape index (κ2) is 40.8. The zero-order valence-electron chi connectivity index (χ0n) is 38.6. The number of carbonyl (C=O) groups excluding carboxylic acids is 1. The molecule has 0 aliphatic carbocycles. The number of carbonyl (C=O) groups is 1. The van der Waals surface area contributed by atoms with Gasteiger partial charge >= 0.3 is 16.4 Å². The minimum absolute atomic E-state index is 0.0195. The van der Waals surface area contributed by atoms with Crippen molar-refractivity contribution in [3.05, 3.63) is 85.1 Å². The van der Waals surface area contributed by atoms with Gasteiger partial charge in [-0.05, 0) is 83.5 Å². The fraction of sp³-hybridized carbons (Fsp3) is 0.700. The molecular weight excluding hydrogens is 825 g/mol. The Balaban J connectivity index is 2.34. The number of hydrogen-bond donors (Lipinski definition) is 4. The van der Waals surface area contributed by atoms with Crippen LogP contribution in [-0.4, -0.2) is 97.5 Å². The molecule has 0 aromatic carbocycles. The summed E-state index contributed by atoms with van der Waals surface area (Å²) < 4.78 is 59.0. The zero-order valence-corrected chi connectivity index (χ0v) is 39.4. The molecule has 0 aromatic rings. The Morgan fingerprint density at radius 2 is 1.10 bits per heavy atom. The molecule has 1 aliphatic rings. The summed E-state index contributed by atoms with van der Waals surface area (Å²) in [6, 6.07) is 0. The van der Waals surface area contributed by atoms with Gasteiger partial charge < -0.3 is 34.3 Å². The fourth-order valence-electron chi connectivity index (χ4n) is 6.68. The van der Waals surface area contributed by atoms with Crippen molar-refractivity contribution < 1.29 is 56.2 Å². The van der Waals surface area contributed by atoms with Crippen LogP contribution in [0.5, 0.6) is 0 Å². The van der Waals surface area contributed by atoms with Gasteiger partial charge in [-0.2, -0.15) is 8.42 Å². The zero-order chi connectivity index (χ0) is 46.1. The van der Waals surface area contributed by atoms with Crippen molar-refractivity contribution in [3.63, 3.8) is 0 Å². The van der Waals surface area contributed by atoms with Crippen LogP contribution < -0.4 is 0 Å². The van der Waals surface area contributed by atoms with E-state index in [0.717, 1.165) is 116 Å². The van der Waals surface area contributed by atoms with Gasteiger partial charge in [0.15, 0.2) is 6.29 Å². The molecular formula is C50H84O12S. The molecule has 0 radical (unpaired) electrons. The molecule has 0 saturated carbocycles. The Kier molecular flexibility index (Phi) is 37.7. The van der Waals surface area contributed by atoms with E-state index in [9.17, 15) is 28.5 Å². The highest BCUT2D eigenvalue weighted by atomic mass is 32.3. The highest BCUT2D eigenvalue weighted by Gasteiger charge is 2.48. The third-order valence-electron chi connectivity index (χ3n) is 10.2. The Hall–Kier alpha value is -2.72. The first-order valence-electron chi connectivity index (χ1n) is 23.8. The van der Waals surface area contributed by atoms with Crippen LogP contribution in [0.4, 0.5) is 0 Å². The lowest BCUT2D eigenvalue weighted by Crippen LogP contribution is -2.60. The smallest absolute Gasteiger partial charge is 0.397 e. The predicted molar refractivity (Wildman–Crippen MR) is 252 cm³/mol. The van der Waals surface area contributed by atoms with E-state index in [1.54, 1.807) is 0 Å². The van der Waals surface area contributed by atoms with Gasteiger partial charge in [-0.25, -0.2) is 4.18 Å². The lowest BCUT2D eigenvalue weighted by molar-refractivity contribution is -0.301. The van der Waals surface area contributed by atoms with Crippen molar-refractivity contribution in [1.29, 1.82) is 0 Å². The van der Waals surface area contributed by atoms with Gasteiger partial charge in [-0.3, -0.25) is 9.35 Å². The average Bonchev–Trinajstić information content (AvgIpc) is 3.26. The van der Waals surface area contributed by atoms with Crippen LogP contribution in [0.1, 0.15) is 162 Å². The largest absolute Gasteiger partial charge is 0.457 e. The van der Waals surface area contributed by atoms with Gasteiger partial charge in [-0.15, -0.1) is 0 Å². The Morgan fingerprint density at radius 3 is 1.62 bits per heavy atom. The molecule has 13 heteroatoms. The summed E-state index contributed by atoms with van der Waals surface area (Å²) in [6.07, 6.45) is 44.9. The highest BCUT2D eigenvalue weighted by Crippen LogP contribution is 2.26. The van der Waals surface area contributed by atoms with E-state index in [1.165, 1.54) is 19.3 Å². The van der Waals surface area contributed by atoms with Crippen LogP contribution in [0.2, 0.25) is 0 Å². The molecule has 0 bridgehead atoms. The van der Waals surface area contributed by atoms with Gasteiger partial charge in [0, 0.05) is 13.0 Å². The Labute approximate surface area is 381 Å². The molecule has 0 amide bonds. The average molecular weight is 909 g/mol. The lowest BCUT2D eigenvalue weighted by atomic mass is 9.99. The number of aliphatic hydroxyl groups is 3. The highest BCUT2D eigenvalue weighted by molar-refractivity contribution is 7.80. The van der Waals surface area contributed by atoms with Crippen LogP contribution >= 0.6 is 0 Å². The molecule has 0 spiro atoms. The molecule has 4 N–H and O–H groups in total. The molecule has 1 fully saturated rings. The number of esters is 1. The van der Waals surface area contributed by atoms with E-state index >= 15 is 0 Å². The molecule has 63 heavy (non-hydrogen) atoms. The number of unbranched alkanes of at least 4 members (excludes halogenated alkanes) is 13. The van der Waals surface area contributed by atoms with Gasteiger partial charge in [0.1, 0.15) is 30.5 Å². The minimum Gasteiger partial charge on any atom is -0.457 e. The second-order valence-electron chi connectivity index (χ2n) is 16.0. The van der Waals surface area contributed by atoms with Gasteiger partial charge in [-0.1, -0.05) is 157 Å². The van der Waals surface area contributed by atoms with Crippen LogP contribution in [0, 0.1) is 0 Å². The van der Waals surface area contributed by atoms with E-state index in [2.05, 4.69) is 103 Å². The number of aliphatic hydroxyl groups excluding tert-OH is 3. The second-order valence-corrected chi connectivity index (χ2v) is 17.0. The number of rotatable bonds is 40. The summed E-state index contributed by atoms with van der Waals surface area (Å²) in [5, 5.41) is 30.6. The van der Waals surface area contributed by atoms with E-state index in [-0.39, 0.29) is 19.6 Å². The van der Waals surface area contributed by atoms with Crippen LogP contribution in [-0.2, 0) is 38.3 Å². The first kappa shape index (κ1) is 58.3. The van der Waals surface area contributed by atoms with Crippen molar-refractivity contribution in [1.82, 2.24) is 0 Å².